The Hall–Kier alpha value is -0.730. The second-order valence-electron chi connectivity index (χ2n) is 4.39. The van der Waals surface area contributed by atoms with Gasteiger partial charge in [0.05, 0.1) is 6.61 Å². The second kappa shape index (κ2) is 5.55. The summed E-state index contributed by atoms with van der Waals surface area (Å²) in [5, 5.41) is 0.698. The van der Waals surface area contributed by atoms with E-state index in [2.05, 4.69) is 0 Å². The molecule has 3 heteroatoms. The van der Waals surface area contributed by atoms with E-state index < -0.39 is 0 Å². The molecule has 1 saturated carbocycles. The molecule has 0 amide bonds. The first-order valence-electron chi connectivity index (χ1n) is 5.91. The Morgan fingerprint density at radius 3 is 2.75 bits per heavy atom. The van der Waals surface area contributed by atoms with E-state index in [9.17, 15) is 0 Å². The molecule has 0 radical (unpaired) electrons. The first-order valence-corrected chi connectivity index (χ1v) is 6.28. The summed E-state index contributed by atoms with van der Waals surface area (Å²) in [6, 6.07) is 5.72. The van der Waals surface area contributed by atoms with Gasteiger partial charge in [0.2, 0.25) is 0 Å². The summed E-state index contributed by atoms with van der Waals surface area (Å²) in [7, 11) is 0. The monoisotopic (exact) mass is 239 g/mol. The third-order valence-electron chi connectivity index (χ3n) is 3.26. The van der Waals surface area contributed by atoms with Crippen molar-refractivity contribution in [1.82, 2.24) is 0 Å². The molecule has 1 aromatic rings. The summed E-state index contributed by atoms with van der Waals surface area (Å²) in [5.41, 5.74) is 6.51. The van der Waals surface area contributed by atoms with Crippen molar-refractivity contribution >= 4 is 11.6 Å². The molecule has 0 aromatic heterocycles. The zero-order valence-electron chi connectivity index (χ0n) is 9.42. The van der Waals surface area contributed by atoms with Gasteiger partial charge < -0.3 is 10.5 Å². The van der Waals surface area contributed by atoms with E-state index in [4.69, 9.17) is 22.1 Å². The van der Waals surface area contributed by atoms with Gasteiger partial charge in [-0.1, -0.05) is 36.9 Å². The van der Waals surface area contributed by atoms with Gasteiger partial charge in [0.1, 0.15) is 5.75 Å². The minimum absolute atomic E-state index is 0.473. The van der Waals surface area contributed by atoms with Crippen LogP contribution < -0.4 is 10.5 Å². The third-order valence-corrected chi connectivity index (χ3v) is 3.62. The first kappa shape index (κ1) is 11.7. The van der Waals surface area contributed by atoms with Gasteiger partial charge in [-0.25, -0.2) is 0 Å². The van der Waals surface area contributed by atoms with Gasteiger partial charge in [-0.05, 0) is 30.0 Å². The predicted octanol–water partition coefficient (Wildman–Crippen LogP) is 3.37. The van der Waals surface area contributed by atoms with E-state index in [1.165, 1.54) is 19.3 Å². The molecule has 88 valence electrons. The second-order valence-corrected chi connectivity index (χ2v) is 4.80. The molecule has 2 rings (SSSR count). The van der Waals surface area contributed by atoms with Gasteiger partial charge in [0.15, 0.2) is 0 Å². The lowest BCUT2D eigenvalue weighted by Gasteiger charge is -2.25. The molecular formula is C13H18ClNO. The van der Waals surface area contributed by atoms with Crippen molar-refractivity contribution in [2.75, 3.05) is 6.61 Å². The molecule has 0 bridgehead atoms. The van der Waals surface area contributed by atoms with Crippen molar-refractivity contribution in [2.24, 2.45) is 11.7 Å². The lowest BCUT2D eigenvalue weighted by molar-refractivity contribution is 0.222. The van der Waals surface area contributed by atoms with Crippen LogP contribution in [0.5, 0.6) is 5.75 Å². The maximum Gasteiger partial charge on any atom is 0.120 e. The van der Waals surface area contributed by atoms with E-state index in [0.717, 1.165) is 30.3 Å². The van der Waals surface area contributed by atoms with E-state index in [1.807, 2.05) is 18.2 Å². The van der Waals surface area contributed by atoms with E-state index in [1.54, 1.807) is 0 Å². The molecule has 0 unspecified atom stereocenters. The minimum atomic E-state index is 0.473. The Bertz CT molecular complexity index is 350. The third kappa shape index (κ3) is 2.89. The van der Waals surface area contributed by atoms with Crippen LogP contribution in [0.15, 0.2) is 18.2 Å². The molecule has 16 heavy (non-hydrogen) atoms. The van der Waals surface area contributed by atoms with Crippen LogP contribution in [-0.2, 0) is 6.54 Å². The fourth-order valence-electron chi connectivity index (χ4n) is 1.91. The molecule has 0 heterocycles. The highest BCUT2D eigenvalue weighted by Crippen LogP contribution is 2.29. The number of rotatable bonds is 5. The largest absolute Gasteiger partial charge is 0.494 e. The Kier molecular flexibility index (Phi) is 4.08. The van der Waals surface area contributed by atoms with Crippen LogP contribution in [0.25, 0.3) is 0 Å². The van der Waals surface area contributed by atoms with Crippen molar-refractivity contribution < 1.29 is 4.74 Å². The normalized spacial score (nSPS) is 15.9. The number of halogens is 1. The SMILES string of the molecule is NCc1ccc(OCCC2CCC2)cc1Cl. The predicted molar refractivity (Wildman–Crippen MR) is 66.8 cm³/mol. The van der Waals surface area contributed by atoms with E-state index in [-0.39, 0.29) is 0 Å². The fourth-order valence-corrected chi connectivity index (χ4v) is 2.16. The van der Waals surface area contributed by atoms with Crippen LogP contribution >= 0.6 is 11.6 Å². The maximum atomic E-state index is 6.05. The average molecular weight is 240 g/mol. The van der Waals surface area contributed by atoms with Crippen LogP contribution in [0, 0.1) is 5.92 Å². The Balaban J connectivity index is 1.81. The van der Waals surface area contributed by atoms with Crippen molar-refractivity contribution in [3.05, 3.63) is 28.8 Å². The van der Waals surface area contributed by atoms with Crippen molar-refractivity contribution in [2.45, 2.75) is 32.2 Å². The summed E-state index contributed by atoms with van der Waals surface area (Å²) in [6.07, 6.45) is 5.30. The molecule has 1 aliphatic rings. The highest BCUT2D eigenvalue weighted by molar-refractivity contribution is 6.31. The van der Waals surface area contributed by atoms with Crippen LogP contribution in [-0.4, -0.2) is 6.61 Å². The molecule has 1 aliphatic carbocycles. The zero-order chi connectivity index (χ0) is 11.4. The van der Waals surface area contributed by atoms with Crippen LogP contribution in [0.2, 0.25) is 5.02 Å². The minimum Gasteiger partial charge on any atom is -0.494 e. The number of ether oxygens (including phenoxy) is 1. The molecule has 0 atom stereocenters. The average Bonchev–Trinajstić information content (AvgIpc) is 2.22. The molecule has 1 aromatic carbocycles. The lowest BCUT2D eigenvalue weighted by Crippen LogP contribution is -2.14. The topological polar surface area (TPSA) is 35.2 Å². The van der Waals surface area contributed by atoms with Crippen molar-refractivity contribution in [1.29, 1.82) is 0 Å². The highest BCUT2D eigenvalue weighted by Gasteiger charge is 2.16. The van der Waals surface area contributed by atoms with Crippen LogP contribution in [0.1, 0.15) is 31.2 Å². The standard InChI is InChI=1S/C13H18ClNO/c14-13-8-12(5-4-11(13)9-15)16-7-6-10-2-1-3-10/h4-5,8,10H,1-3,6-7,9,15H2. The Morgan fingerprint density at radius 2 is 2.19 bits per heavy atom. The highest BCUT2D eigenvalue weighted by atomic mass is 35.5. The zero-order valence-corrected chi connectivity index (χ0v) is 10.2. The Labute approximate surface area is 102 Å². The van der Waals surface area contributed by atoms with Crippen molar-refractivity contribution in [3.8, 4) is 5.75 Å². The first-order chi connectivity index (χ1) is 7.79. The van der Waals surface area contributed by atoms with Crippen molar-refractivity contribution in [3.63, 3.8) is 0 Å². The summed E-state index contributed by atoms with van der Waals surface area (Å²) in [4.78, 5) is 0. The molecule has 2 N–H and O–H groups in total. The number of hydrogen-bond acceptors (Lipinski definition) is 2. The molecule has 2 nitrogen and oxygen atoms in total. The van der Waals surface area contributed by atoms with Gasteiger partial charge in [-0.2, -0.15) is 0 Å². The van der Waals surface area contributed by atoms with E-state index >= 15 is 0 Å². The van der Waals surface area contributed by atoms with Gasteiger partial charge >= 0.3 is 0 Å². The van der Waals surface area contributed by atoms with Gasteiger partial charge in [-0.15, -0.1) is 0 Å². The van der Waals surface area contributed by atoms with Gasteiger partial charge in [0, 0.05) is 11.6 Å². The summed E-state index contributed by atoms with van der Waals surface area (Å²) in [5.74, 6) is 1.74. The van der Waals surface area contributed by atoms with Crippen LogP contribution in [0.4, 0.5) is 0 Å². The summed E-state index contributed by atoms with van der Waals surface area (Å²) >= 11 is 6.05. The Morgan fingerprint density at radius 1 is 1.38 bits per heavy atom. The maximum absolute atomic E-state index is 6.05. The molecule has 0 aliphatic heterocycles. The smallest absolute Gasteiger partial charge is 0.120 e. The fraction of sp³-hybridized carbons (Fsp3) is 0.538. The summed E-state index contributed by atoms with van der Waals surface area (Å²) in [6.45, 7) is 1.27. The van der Waals surface area contributed by atoms with Crippen LogP contribution in [0.3, 0.4) is 0 Å². The van der Waals surface area contributed by atoms with Gasteiger partial charge in [0.25, 0.3) is 0 Å². The van der Waals surface area contributed by atoms with Gasteiger partial charge in [-0.3, -0.25) is 0 Å². The number of nitrogens with two attached hydrogens (primary N) is 1. The quantitative estimate of drug-likeness (QED) is 0.855. The number of hydrogen-bond donors (Lipinski definition) is 1. The number of benzene rings is 1. The van der Waals surface area contributed by atoms with E-state index in [0.29, 0.717) is 11.6 Å². The molecule has 0 spiro atoms. The molecule has 1 fully saturated rings. The molecule has 0 saturated heterocycles. The molecular weight excluding hydrogens is 222 g/mol. The summed E-state index contributed by atoms with van der Waals surface area (Å²) < 4.78 is 5.67. The lowest BCUT2D eigenvalue weighted by atomic mass is 9.83.